The Hall–Kier alpha value is -3.36. The van der Waals surface area contributed by atoms with Crippen molar-refractivity contribution >= 4 is 11.9 Å². The summed E-state index contributed by atoms with van der Waals surface area (Å²) in [4.78, 5) is 33.0. The van der Waals surface area contributed by atoms with E-state index in [1.165, 1.54) is 4.80 Å². The molecule has 0 aliphatic carbocycles. The number of nitrogens with zero attached hydrogens (tertiary/aromatic N) is 8. The van der Waals surface area contributed by atoms with Gasteiger partial charge < -0.3 is 9.80 Å². The number of pyridine rings is 1. The minimum Gasteiger partial charge on any atom is -0.336 e. The van der Waals surface area contributed by atoms with Crippen LogP contribution in [0.1, 0.15) is 39.4 Å². The van der Waals surface area contributed by atoms with E-state index in [1.807, 2.05) is 44.7 Å². The summed E-state index contributed by atoms with van der Waals surface area (Å²) in [5.41, 5.74) is 4.30. The van der Waals surface area contributed by atoms with E-state index in [0.717, 1.165) is 48.1 Å². The lowest BCUT2D eigenvalue weighted by molar-refractivity contribution is 0.0588. The Morgan fingerprint density at radius 3 is 2.39 bits per heavy atom. The summed E-state index contributed by atoms with van der Waals surface area (Å²) in [6, 6.07) is 4.13. The topological polar surface area (TPSA) is 92.9 Å². The zero-order valence-electron chi connectivity index (χ0n) is 18.3. The lowest BCUT2D eigenvalue weighted by Gasteiger charge is -2.53. The molecule has 0 N–H and O–H groups in total. The molecule has 0 aromatic carbocycles. The SMILES string of the molecule is Cc1cc(C)nc(N2C[C@@H]3CCN(C(=O)c4cc(C)c(C)nc4-n4nccn4)C[C@@H]32)n1. The number of carbonyl (C=O) groups is 1. The van der Waals surface area contributed by atoms with Gasteiger partial charge >= 0.3 is 0 Å². The van der Waals surface area contributed by atoms with Crippen molar-refractivity contribution in [2.75, 3.05) is 24.5 Å². The number of aryl methyl sites for hydroxylation is 4. The highest BCUT2D eigenvalue weighted by Gasteiger charge is 2.45. The lowest BCUT2D eigenvalue weighted by atomic mass is 9.82. The number of hydrogen-bond donors (Lipinski definition) is 0. The summed E-state index contributed by atoms with van der Waals surface area (Å²) < 4.78 is 0. The third-order valence-electron chi connectivity index (χ3n) is 6.35. The molecule has 0 unspecified atom stereocenters. The van der Waals surface area contributed by atoms with E-state index in [4.69, 9.17) is 0 Å². The number of piperidine rings is 1. The molecule has 31 heavy (non-hydrogen) atoms. The second kappa shape index (κ2) is 7.40. The van der Waals surface area contributed by atoms with E-state index < -0.39 is 0 Å². The molecule has 3 aromatic heterocycles. The number of aromatic nitrogens is 6. The van der Waals surface area contributed by atoms with Crippen LogP contribution in [0.2, 0.25) is 0 Å². The number of amides is 1. The van der Waals surface area contributed by atoms with Crippen LogP contribution in [-0.2, 0) is 0 Å². The fourth-order valence-electron chi connectivity index (χ4n) is 4.54. The van der Waals surface area contributed by atoms with Crippen molar-refractivity contribution in [3.05, 3.63) is 52.7 Å². The average Bonchev–Trinajstić information content (AvgIpc) is 3.24. The Bertz CT molecular complexity index is 1120. The van der Waals surface area contributed by atoms with Gasteiger partial charge in [-0.3, -0.25) is 4.79 Å². The van der Waals surface area contributed by atoms with Crippen LogP contribution >= 0.6 is 0 Å². The maximum atomic E-state index is 13.6. The van der Waals surface area contributed by atoms with Gasteiger partial charge in [0.2, 0.25) is 5.95 Å². The number of hydrogen-bond acceptors (Lipinski definition) is 7. The summed E-state index contributed by atoms with van der Waals surface area (Å²) >= 11 is 0. The minimum atomic E-state index is -0.0328. The molecule has 2 aliphatic rings. The van der Waals surface area contributed by atoms with Gasteiger partial charge in [0.05, 0.1) is 24.0 Å². The third-order valence-corrected chi connectivity index (χ3v) is 6.35. The minimum absolute atomic E-state index is 0.0328. The van der Waals surface area contributed by atoms with Crippen LogP contribution in [0.25, 0.3) is 5.82 Å². The first-order valence-electron chi connectivity index (χ1n) is 10.6. The molecule has 3 aromatic rings. The van der Waals surface area contributed by atoms with Gasteiger partial charge in [0.25, 0.3) is 5.91 Å². The van der Waals surface area contributed by atoms with Crippen LogP contribution in [0.3, 0.4) is 0 Å². The zero-order valence-corrected chi connectivity index (χ0v) is 18.3. The Labute approximate surface area is 181 Å². The number of likely N-dealkylation sites (tertiary alicyclic amines) is 1. The molecule has 5 heterocycles. The maximum Gasteiger partial charge on any atom is 0.257 e. The highest BCUT2D eigenvalue weighted by Crippen LogP contribution is 2.35. The van der Waals surface area contributed by atoms with Crippen LogP contribution in [0.15, 0.2) is 24.5 Å². The standard InChI is InChI=1S/C22H26N8O/c1-13-9-18(20(27-16(13)4)30-23-6-7-24-30)21(31)28-8-5-17-11-29(19(17)12-28)22-25-14(2)10-15(3)26-22/h6-7,9-10,17,19H,5,8,11-12H2,1-4H3/t17-,19-/m0/s1. The number of fused-ring (bicyclic) bond motifs is 1. The largest absolute Gasteiger partial charge is 0.336 e. The predicted molar refractivity (Wildman–Crippen MR) is 115 cm³/mol. The normalized spacial score (nSPS) is 20.4. The van der Waals surface area contributed by atoms with Gasteiger partial charge in [-0.2, -0.15) is 10.2 Å². The first kappa shape index (κ1) is 19.6. The smallest absolute Gasteiger partial charge is 0.257 e. The van der Waals surface area contributed by atoms with Crippen LogP contribution < -0.4 is 4.90 Å². The first-order chi connectivity index (χ1) is 14.9. The summed E-state index contributed by atoms with van der Waals surface area (Å²) in [6.07, 6.45) is 4.16. The predicted octanol–water partition coefficient (Wildman–Crippen LogP) is 2.04. The van der Waals surface area contributed by atoms with Crippen molar-refractivity contribution in [2.45, 2.75) is 40.2 Å². The van der Waals surface area contributed by atoms with Crippen molar-refractivity contribution in [3.8, 4) is 5.82 Å². The van der Waals surface area contributed by atoms with Crippen LogP contribution in [0.4, 0.5) is 5.95 Å². The van der Waals surface area contributed by atoms with E-state index in [2.05, 4.69) is 30.0 Å². The Morgan fingerprint density at radius 1 is 0.968 bits per heavy atom. The molecule has 0 saturated carbocycles. The van der Waals surface area contributed by atoms with Crippen molar-refractivity contribution in [2.24, 2.45) is 5.92 Å². The molecular weight excluding hydrogens is 392 g/mol. The van der Waals surface area contributed by atoms with E-state index >= 15 is 0 Å². The molecule has 9 heteroatoms. The summed E-state index contributed by atoms with van der Waals surface area (Å²) in [5, 5.41) is 8.40. The molecule has 9 nitrogen and oxygen atoms in total. The first-order valence-corrected chi connectivity index (χ1v) is 10.6. The highest BCUT2D eigenvalue weighted by atomic mass is 16.2. The second-order valence-corrected chi connectivity index (χ2v) is 8.55. The molecule has 2 atom stereocenters. The van der Waals surface area contributed by atoms with Gasteiger partial charge in [-0.15, -0.1) is 4.80 Å². The van der Waals surface area contributed by atoms with E-state index in [0.29, 0.717) is 23.8 Å². The van der Waals surface area contributed by atoms with E-state index in [-0.39, 0.29) is 11.9 Å². The van der Waals surface area contributed by atoms with Crippen molar-refractivity contribution < 1.29 is 4.79 Å². The molecule has 1 amide bonds. The third kappa shape index (κ3) is 3.43. The molecule has 2 saturated heterocycles. The monoisotopic (exact) mass is 418 g/mol. The van der Waals surface area contributed by atoms with Crippen LogP contribution in [0.5, 0.6) is 0 Å². The van der Waals surface area contributed by atoms with E-state index in [9.17, 15) is 4.79 Å². The molecule has 2 fully saturated rings. The molecule has 160 valence electrons. The molecule has 2 aliphatic heterocycles. The van der Waals surface area contributed by atoms with Gasteiger partial charge in [0.15, 0.2) is 5.82 Å². The molecular formula is C22H26N8O. The molecule has 0 radical (unpaired) electrons. The van der Waals surface area contributed by atoms with E-state index in [1.54, 1.807) is 12.4 Å². The molecule has 0 spiro atoms. The van der Waals surface area contributed by atoms with Gasteiger partial charge in [-0.1, -0.05) is 0 Å². The van der Waals surface area contributed by atoms with Gasteiger partial charge in [0, 0.05) is 42.6 Å². The second-order valence-electron chi connectivity index (χ2n) is 8.55. The Kier molecular flexibility index (Phi) is 4.68. The number of anilines is 1. The maximum absolute atomic E-state index is 13.6. The van der Waals surface area contributed by atoms with Crippen LogP contribution in [0, 0.1) is 33.6 Å². The lowest BCUT2D eigenvalue weighted by Crippen LogP contribution is -2.65. The van der Waals surface area contributed by atoms with Gasteiger partial charge in [-0.05, 0) is 51.8 Å². The van der Waals surface area contributed by atoms with Gasteiger partial charge in [0.1, 0.15) is 0 Å². The molecule has 5 rings (SSSR count). The summed E-state index contributed by atoms with van der Waals surface area (Å²) in [6.45, 7) is 10.2. The zero-order chi connectivity index (χ0) is 21.7. The summed E-state index contributed by atoms with van der Waals surface area (Å²) in [7, 11) is 0. The summed E-state index contributed by atoms with van der Waals surface area (Å²) in [5.74, 6) is 1.78. The average molecular weight is 419 g/mol. The number of rotatable bonds is 3. The highest BCUT2D eigenvalue weighted by molar-refractivity contribution is 5.97. The Balaban J connectivity index is 1.42. The fraction of sp³-hybridized carbons (Fsp3) is 0.455. The van der Waals surface area contributed by atoms with Crippen LogP contribution in [-0.4, -0.2) is 66.4 Å². The number of carbonyl (C=O) groups excluding carboxylic acids is 1. The van der Waals surface area contributed by atoms with Crippen molar-refractivity contribution in [1.82, 2.24) is 34.8 Å². The molecule has 0 bridgehead atoms. The Morgan fingerprint density at radius 2 is 1.68 bits per heavy atom. The van der Waals surface area contributed by atoms with Gasteiger partial charge in [-0.25, -0.2) is 15.0 Å². The fourth-order valence-corrected chi connectivity index (χ4v) is 4.54. The van der Waals surface area contributed by atoms with Crippen molar-refractivity contribution in [3.63, 3.8) is 0 Å². The quantitative estimate of drug-likeness (QED) is 0.642. The van der Waals surface area contributed by atoms with Crippen molar-refractivity contribution in [1.29, 1.82) is 0 Å².